The van der Waals surface area contributed by atoms with Crippen molar-refractivity contribution in [1.82, 2.24) is 30.2 Å². The molecule has 374 valence electrons. The molecule has 68 heavy (non-hydrogen) atoms. The van der Waals surface area contributed by atoms with Crippen LogP contribution in [0.2, 0.25) is 0 Å². The molecule has 0 aromatic heterocycles. The number of imide groups is 2. The van der Waals surface area contributed by atoms with Gasteiger partial charge in [0.05, 0.1) is 37.3 Å². The number of rotatable bonds is 15. The Morgan fingerprint density at radius 1 is 0.529 bits per heavy atom. The average Bonchev–Trinajstić information content (AvgIpc) is 3.20. The van der Waals surface area contributed by atoms with E-state index in [9.17, 15) is 64.7 Å². The number of ether oxygens (including phenoxy) is 4. The number of hydrogen-bond acceptors (Lipinski definition) is 14. The Morgan fingerprint density at radius 2 is 0.809 bits per heavy atom. The second kappa shape index (κ2) is 21.8. The summed E-state index contributed by atoms with van der Waals surface area (Å²) in [5.41, 5.74) is -3.43. The Bertz CT molecular complexity index is 2000. The molecule has 2 aliphatic rings. The number of benzene rings is 2. The van der Waals surface area contributed by atoms with Gasteiger partial charge in [-0.2, -0.15) is 26.3 Å². The summed E-state index contributed by atoms with van der Waals surface area (Å²) >= 11 is 0. The van der Waals surface area contributed by atoms with Crippen molar-refractivity contribution in [3.63, 3.8) is 0 Å². The van der Waals surface area contributed by atoms with E-state index in [2.05, 4.69) is 10.6 Å². The largest absolute Gasteiger partial charge is 0.444 e. The highest BCUT2D eigenvalue weighted by Crippen LogP contribution is 2.30. The van der Waals surface area contributed by atoms with Crippen LogP contribution in [0.25, 0.3) is 0 Å². The normalized spacial score (nSPS) is 17.5. The van der Waals surface area contributed by atoms with Crippen LogP contribution in [0.15, 0.2) is 48.5 Å². The van der Waals surface area contributed by atoms with Gasteiger partial charge in [0, 0.05) is 24.9 Å². The number of piperazine rings is 2. The van der Waals surface area contributed by atoms with Crippen LogP contribution in [0.3, 0.4) is 0 Å². The van der Waals surface area contributed by atoms with Crippen molar-refractivity contribution in [1.29, 1.82) is 0 Å². The molecule has 24 heteroatoms. The van der Waals surface area contributed by atoms with Gasteiger partial charge < -0.3 is 29.6 Å². The zero-order chi connectivity index (χ0) is 51.1. The lowest BCUT2D eigenvalue weighted by Crippen LogP contribution is -2.63. The van der Waals surface area contributed by atoms with Crippen LogP contribution in [0.5, 0.6) is 0 Å². The number of alkyl carbamates (subject to hydrolysis) is 2. The van der Waals surface area contributed by atoms with E-state index in [-0.39, 0.29) is 50.1 Å². The molecular formula is C44H54F6N6O12. The first kappa shape index (κ1) is 54.3. The lowest BCUT2D eigenvalue weighted by Gasteiger charge is -2.43. The van der Waals surface area contributed by atoms with E-state index in [1.54, 1.807) is 55.4 Å². The minimum Gasteiger partial charge on any atom is -0.444 e. The molecule has 0 aliphatic carbocycles. The Balaban J connectivity index is 1.34. The molecule has 4 atom stereocenters. The molecule has 6 amide bonds. The van der Waals surface area contributed by atoms with Crippen molar-refractivity contribution in [2.45, 2.75) is 116 Å². The highest BCUT2D eigenvalue weighted by Gasteiger charge is 2.41. The van der Waals surface area contributed by atoms with Crippen molar-refractivity contribution in [3.8, 4) is 0 Å². The van der Waals surface area contributed by atoms with Crippen LogP contribution in [-0.2, 0) is 72.9 Å². The van der Waals surface area contributed by atoms with Crippen LogP contribution < -0.4 is 10.6 Å². The fourth-order valence-electron chi connectivity index (χ4n) is 6.78. The maximum Gasteiger partial charge on any atom is 0.416 e. The molecule has 4 unspecified atom stereocenters. The molecule has 2 fully saturated rings. The monoisotopic (exact) mass is 972 g/mol. The number of amides is 6. The summed E-state index contributed by atoms with van der Waals surface area (Å²) in [7, 11) is 0. The van der Waals surface area contributed by atoms with Gasteiger partial charge in [0.1, 0.15) is 23.3 Å². The molecule has 2 aromatic carbocycles. The SMILES string of the molecule is CC(C(C)N1CC(=O)N(COC(=O)C(Cc2ccc(C(F)(F)F)cc2)NC(=O)OC(C)(C)C)C(=O)C1)N1CC(=O)N(COC(=O)C(Cc2ccc(C(F)(F)F)cc2)NC(=O)OC(C)(C)C)C(=O)C1. The summed E-state index contributed by atoms with van der Waals surface area (Å²) in [5, 5.41) is 4.63. The van der Waals surface area contributed by atoms with Gasteiger partial charge in [-0.15, -0.1) is 0 Å². The van der Waals surface area contributed by atoms with Crippen molar-refractivity contribution in [2.75, 3.05) is 39.6 Å². The Kier molecular flexibility index (Phi) is 17.4. The quantitative estimate of drug-likeness (QED) is 0.110. The third kappa shape index (κ3) is 15.9. The molecule has 2 saturated heterocycles. The van der Waals surface area contributed by atoms with Crippen LogP contribution >= 0.6 is 0 Å². The van der Waals surface area contributed by atoms with Crippen LogP contribution in [0.4, 0.5) is 35.9 Å². The first-order chi connectivity index (χ1) is 31.3. The van der Waals surface area contributed by atoms with Gasteiger partial charge in [0.2, 0.25) is 23.6 Å². The summed E-state index contributed by atoms with van der Waals surface area (Å²) < 4.78 is 99.7. The molecule has 0 saturated carbocycles. The second-order valence-corrected chi connectivity index (χ2v) is 18.1. The van der Waals surface area contributed by atoms with Crippen LogP contribution in [0.1, 0.15) is 77.6 Å². The minimum absolute atomic E-state index is 0.212. The van der Waals surface area contributed by atoms with Gasteiger partial charge in [-0.3, -0.25) is 29.0 Å². The Hall–Kier alpha value is -6.30. The molecular weight excluding hydrogens is 919 g/mol. The average molecular weight is 973 g/mol. The minimum atomic E-state index is -4.62. The van der Waals surface area contributed by atoms with Gasteiger partial charge in [-0.05, 0) is 90.8 Å². The molecule has 4 rings (SSSR count). The molecule has 2 aliphatic heterocycles. The highest BCUT2D eigenvalue weighted by molar-refractivity contribution is 6.00. The molecule has 2 aromatic rings. The predicted octanol–water partition coefficient (Wildman–Crippen LogP) is 4.42. The van der Waals surface area contributed by atoms with E-state index in [1.165, 1.54) is 9.80 Å². The molecule has 0 bridgehead atoms. The lowest BCUT2D eigenvalue weighted by atomic mass is 10.0. The van der Waals surface area contributed by atoms with Crippen molar-refractivity contribution >= 4 is 47.8 Å². The zero-order valence-electron chi connectivity index (χ0n) is 38.5. The summed E-state index contributed by atoms with van der Waals surface area (Å²) in [4.78, 5) is 109. The number of esters is 2. The van der Waals surface area contributed by atoms with E-state index in [0.29, 0.717) is 9.80 Å². The molecule has 18 nitrogen and oxygen atoms in total. The third-order valence-corrected chi connectivity index (χ3v) is 10.5. The topological polar surface area (TPSA) is 210 Å². The smallest absolute Gasteiger partial charge is 0.416 e. The Labute approximate surface area is 387 Å². The first-order valence-corrected chi connectivity index (χ1v) is 21.1. The number of halogens is 6. The van der Waals surface area contributed by atoms with Crippen LogP contribution in [-0.4, -0.2) is 142 Å². The number of nitrogens with zero attached hydrogens (tertiary/aromatic N) is 4. The van der Waals surface area contributed by atoms with E-state index in [4.69, 9.17) is 18.9 Å². The third-order valence-electron chi connectivity index (χ3n) is 10.5. The summed E-state index contributed by atoms with van der Waals surface area (Å²) in [6, 6.07) is 3.34. The standard InChI is InChI=1S/C44H54F6N6O12/c1-25(53-19-33(57)55(34(58)20-53)23-65-37(61)31(51-39(63)67-41(3,4)5)17-27-9-13-29(14-10-27)43(45,46)47)26(2)54-21-35(59)56(36(60)22-54)24-66-38(62)32(52-40(64)68-42(6,7)8)18-28-11-15-30(16-12-28)44(48,49)50/h9-16,25-26,31-32H,17-24H2,1-8H3,(H,51,63)(H,52,64). The van der Waals surface area contributed by atoms with Gasteiger partial charge in [0.25, 0.3) is 0 Å². The summed E-state index contributed by atoms with van der Waals surface area (Å²) in [6.07, 6.45) is -12.0. The van der Waals surface area contributed by atoms with E-state index in [1.807, 2.05) is 0 Å². The predicted molar refractivity (Wildman–Crippen MR) is 224 cm³/mol. The Morgan fingerprint density at radius 3 is 1.06 bits per heavy atom. The van der Waals surface area contributed by atoms with Crippen molar-refractivity contribution in [2.24, 2.45) is 0 Å². The molecule has 2 N–H and O–H groups in total. The van der Waals surface area contributed by atoms with Gasteiger partial charge in [-0.1, -0.05) is 24.3 Å². The van der Waals surface area contributed by atoms with Gasteiger partial charge in [-0.25, -0.2) is 29.0 Å². The molecule has 2 heterocycles. The number of carbonyl (C=O) groups is 8. The fourth-order valence-corrected chi connectivity index (χ4v) is 6.78. The number of nitrogens with one attached hydrogen (secondary N) is 2. The maximum absolute atomic E-state index is 13.3. The number of alkyl halides is 6. The van der Waals surface area contributed by atoms with Gasteiger partial charge in [0.15, 0.2) is 13.5 Å². The fraction of sp³-hybridized carbons (Fsp3) is 0.545. The molecule has 0 spiro atoms. The van der Waals surface area contributed by atoms with E-state index < -0.39 is 120 Å². The summed E-state index contributed by atoms with van der Waals surface area (Å²) in [6.45, 7) is 9.43. The molecule has 0 radical (unpaired) electrons. The van der Waals surface area contributed by atoms with Crippen molar-refractivity contribution < 1.29 is 83.6 Å². The second-order valence-electron chi connectivity index (χ2n) is 18.1. The van der Waals surface area contributed by atoms with E-state index in [0.717, 1.165) is 48.5 Å². The maximum atomic E-state index is 13.3. The zero-order valence-corrected chi connectivity index (χ0v) is 38.5. The number of hydrogen-bond donors (Lipinski definition) is 2. The number of carbonyl (C=O) groups excluding carboxylic acids is 8. The van der Waals surface area contributed by atoms with Gasteiger partial charge >= 0.3 is 36.5 Å². The van der Waals surface area contributed by atoms with Crippen LogP contribution in [0, 0.1) is 0 Å². The highest BCUT2D eigenvalue weighted by atomic mass is 19.4. The van der Waals surface area contributed by atoms with Crippen molar-refractivity contribution in [3.05, 3.63) is 70.8 Å². The van der Waals surface area contributed by atoms with E-state index >= 15 is 0 Å². The lowest BCUT2D eigenvalue weighted by molar-refractivity contribution is -0.169. The first-order valence-electron chi connectivity index (χ1n) is 21.1. The summed E-state index contributed by atoms with van der Waals surface area (Å²) in [5.74, 6) is -5.40.